The zero-order valence-electron chi connectivity index (χ0n) is 9.31. The highest BCUT2D eigenvalue weighted by molar-refractivity contribution is 5.78. The fraction of sp³-hybridized carbons (Fsp3) is 0.455. The number of pyridine rings is 1. The summed E-state index contributed by atoms with van der Waals surface area (Å²) in [6.45, 7) is 3.47. The summed E-state index contributed by atoms with van der Waals surface area (Å²) in [5.41, 5.74) is 4.24. The minimum atomic E-state index is 0.209. The molecule has 1 aliphatic rings. The van der Waals surface area contributed by atoms with Crippen LogP contribution in [0.2, 0.25) is 0 Å². The molecular weight excluding hydrogens is 204 g/mol. The van der Waals surface area contributed by atoms with Crippen molar-refractivity contribution < 1.29 is 4.79 Å². The van der Waals surface area contributed by atoms with Crippen LogP contribution in [-0.2, 0) is 11.3 Å². The summed E-state index contributed by atoms with van der Waals surface area (Å²) < 4.78 is 0. The molecule has 3 N–H and O–H groups in total. The summed E-state index contributed by atoms with van der Waals surface area (Å²) in [6.07, 6.45) is 2.34. The van der Waals surface area contributed by atoms with Crippen molar-refractivity contribution in [2.45, 2.75) is 19.9 Å². The number of nitrogens with zero attached hydrogens (tertiary/aromatic N) is 2. The zero-order valence-corrected chi connectivity index (χ0v) is 9.31. The second kappa shape index (κ2) is 4.49. The molecule has 1 atom stereocenters. The highest BCUT2D eigenvalue weighted by Gasteiger charge is 2.26. The molecule has 16 heavy (non-hydrogen) atoms. The van der Waals surface area contributed by atoms with Crippen LogP contribution in [0.3, 0.4) is 0 Å². The maximum absolute atomic E-state index is 11.6. The summed E-state index contributed by atoms with van der Waals surface area (Å²) >= 11 is 0. The van der Waals surface area contributed by atoms with E-state index in [4.69, 9.17) is 5.84 Å². The van der Waals surface area contributed by atoms with Crippen LogP contribution < -0.4 is 11.3 Å². The molecule has 1 unspecified atom stereocenters. The van der Waals surface area contributed by atoms with Gasteiger partial charge in [0.05, 0.1) is 17.9 Å². The predicted octanol–water partition coefficient (Wildman–Crippen LogP) is 0.736. The first-order valence-electron chi connectivity index (χ1n) is 5.38. The molecule has 1 aromatic heterocycles. The van der Waals surface area contributed by atoms with Gasteiger partial charge in [-0.1, -0.05) is 6.92 Å². The quantitative estimate of drug-likeness (QED) is 0.582. The Morgan fingerprint density at radius 2 is 2.50 bits per heavy atom. The Kier molecular flexibility index (Phi) is 3.05. The molecule has 86 valence electrons. The van der Waals surface area contributed by atoms with Gasteiger partial charge in [-0.3, -0.25) is 15.6 Å². The highest BCUT2D eigenvalue weighted by Crippen LogP contribution is 2.19. The number of rotatable bonds is 3. The number of amides is 1. The second-order valence-corrected chi connectivity index (χ2v) is 4.26. The predicted molar refractivity (Wildman–Crippen MR) is 61.2 cm³/mol. The SMILES string of the molecule is CC1CC(=O)N(Cc2cc(NN)ccn2)C1. The number of aromatic nitrogens is 1. The number of carbonyl (C=O) groups is 1. The molecule has 1 aliphatic heterocycles. The zero-order chi connectivity index (χ0) is 11.5. The van der Waals surface area contributed by atoms with Crippen molar-refractivity contribution >= 4 is 11.6 Å². The summed E-state index contributed by atoms with van der Waals surface area (Å²) in [4.78, 5) is 17.7. The maximum Gasteiger partial charge on any atom is 0.223 e. The van der Waals surface area contributed by atoms with E-state index in [-0.39, 0.29) is 5.91 Å². The average molecular weight is 220 g/mol. The third-order valence-corrected chi connectivity index (χ3v) is 2.74. The molecule has 0 spiro atoms. The molecule has 0 saturated carbocycles. The Morgan fingerprint density at radius 3 is 3.12 bits per heavy atom. The summed E-state index contributed by atoms with van der Waals surface area (Å²) in [5.74, 6) is 5.97. The van der Waals surface area contributed by atoms with Gasteiger partial charge in [0.25, 0.3) is 0 Å². The summed E-state index contributed by atoms with van der Waals surface area (Å²) in [5, 5.41) is 0. The van der Waals surface area contributed by atoms with Crippen LogP contribution >= 0.6 is 0 Å². The Hall–Kier alpha value is -1.62. The second-order valence-electron chi connectivity index (χ2n) is 4.26. The largest absolute Gasteiger partial charge is 0.337 e. The topological polar surface area (TPSA) is 71.2 Å². The van der Waals surface area contributed by atoms with Gasteiger partial charge in [0, 0.05) is 19.2 Å². The molecule has 1 amide bonds. The Morgan fingerprint density at radius 1 is 1.69 bits per heavy atom. The van der Waals surface area contributed by atoms with Crippen LogP contribution in [0, 0.1) is 5.92 Å². The van der Waals surface area contributed by atoms with E-state index in [0.717, 1.165) is 17.9 Å². The van der Waals surface area contributed by atoms with Gasteiger partial charge in [0.15, 0.2) is 0 Å². The van der Waals surface area contributed by atoms with Crippen LogP contribution in [0.25, 0.3) is 0 Å². The van der Waals surface area contributed by atoms with Crippen molar-refractivity contribution in [3.8, 4) is 0 Å². The molecule has 5 heteroatoms. The molecule has 0 aliphatic carbocycles. The van der Waals surface area contributed by atoms with Gasteiger partial charge in [0.2, 0.25) is 5.91 Å². The fourth-order valence-corrected chi connectivity index (χ4v) is 1.97. The molecule has 1 fully saturated rings. The first-order chi connectivity index (χ1) is 7.69. The third kappa shape index (κ3) is 2.30. The van der Waals surface area contributed by atoms with E-state index in [1.54, 1.807) is 12.3 Å². The minimum absolute atomic E-state index is 0.209. The Balaban J connectivity index is 2.06. The third-order valence-electron chi connectivity index (χ3n) is 2.74. The van der Waals surface area contributed by atoms with Crippen LogP contribution in [0.5, 0.6) is 0 Å². The van der Waals surface area contributed by atoms with Gasteiger partial charge in [0.1, 0.15) is 0 Å². The molecule has 0 bridgehead atoms. The molecule has 1 saturated heterocycles. The first kappa shape index (κ1) is 10.9. The lowest BCUT2D eigenvalue weighted by molar-refractivity contribution is -0.128. The molecule has 0 radical (unpaired) electrons. The molecule has 5 nitrogen and oxygen atoms in total. The van der Waals surface area contributed by atoms with Gasteiger partial charge in [-0.05, 0) is 18.1 Å². The monoisotopic (exact) mass is 220 g/mol. The normalized spacial score (nSPS) is 20.2. The van der Waals surface area contributed by atoms with Gasteiger partial charge < -0.3 is 10.3 Å². The van der Waals surface area contributed by atoms with Gasteiger partial charge in [-0.2, -0.15) is 0 Å². The number of hydrazine groups is 1. The molecule has 1 aromatic rings. The minimum Gasteiger partial charge on any atom is -0.337 e. The van der Waals surface area contributed by atoms with E-state index >= 15 is 0 Å². The van der Waals surface area contributed by atoms with E-state index in [1.807, 2.05) is 11.0 Å². The van der Waals surface area contributed by atoms with Crippen molar-refractivity contribution in [3.05, 3.63) is 24.0 Å². The van der Waals surface area contributed by atoms with Crippen molar-refractivity contribution in [2.24, 2.45) is 11.8 Å². The van der Waals surface area contributed by atoms with E-state index in [2.05, 4.69) is 17.3 Å². The van der Waals surface area contributed by atoms with Gasteiger partial charge >= 0.3 is 0 Å². The standard InChI is InChI=1S/C11H16N4O/c1-8-4-11(16)15(6-8)7-10-5-9(14-12)2-3-13-10/h2-3,5,8H,4,6-7,12H2,1H3,(H,13,14). The van der Waals surface area contributed by atoms with Crippen molar-refractivity contribution in [2.75, 3.05) is 12.0 Å². The summed E-state index contributed by atoms with van der Waals surface area (Å²) in [6, 6.07) is 3.65. The van der Waals surface area contributed by atoms with Crippen LogP contribution in [0.15, 0.2) is 18.3 Å². The van der Waals surface area contributed by atoms with E-state index in [0.29, 0.717) is 18.9 Å². The first-order valence-corrected chi connectivity index (χ1v) is 5.38. The van der Waals surface area contributed by atoms with Crippen molar-refractivity contribution in [3.63, 3.8) is 0 Å². The van der Waals surface area contributed by atoms with E-state index < -0.39 is 0 Å². The number of hydrogen-bond donors (Lipinski definition) is 2. The number of nitrogens with one attached hydrogen (secondary N) is 1. The van der Waals surface area contributed by atoms with Crippen LogP contribution in [-0.4, -0.2) is 22.3 Å². The van der Waals surface area contributed by atoms with Crippen LogP contribution in [0.4, 0.5) is 5.69 Å². The van der Waals surface area contributed by atoms with E-state index in [9.17, 15) is 4.79 Å². The van der Waals surface area contributed by atoms with Gasteiger partial charge in [-0.25, -0.2) is 0 Å². The average Bonchev–Trinajstić information content (AvgIpc) is 2.58. The van der Waals surface area contributed by atoms with E-state index in [1.165, 1.54) is 0 Å². The number of nitrogen functional groups attached to an aromatic ring is 1. The lowest BCUT2D eigenvalue weighted by Crippen LogP contribution is -2.25. The summed E-state index contributed by atoms with van der Waals surface area (Å²) in [7, 11) is 0. The Bertz CT molecular complexity index is 393. The number of carbonyl (C=O) groups excluding carboxylic acids is 1. The Labute approximate surface area is 94.6 Å². The van der Waals surface area contributed by atoms with Crippen LogP contribution in [0.1, 0.15) is 19.0 Å². The van der Waals surface area contributed by atoms with Crippen molar-refractivity contribution in [1.82, 2.24) is 9.88 Å². The van der Waals surface area contributed by atoms with Crippen molar-refractivity contribution in [1.29, 1.82) is 0 Å². The molecule has 0 aromatic carbocycles. The smallest absolute Gasteiger partial charge is 0.223 e. The highest BCUT2D eigenvalue weighted by atomic mass is 16.2. The van der Waals surface area contributed by atoms with Gasteiger partial charge in [-0.15, -0.1) is 0 Å². The molecular formula is C11H16N4O. The fourth-order valence-electron chi connectivity index (χ4n) is 1.97. The number of likely N-dealkylation sites (tertiary alicyclic amines) is 1. The lowest BCUT2D eigenvalue weighted by atomic mass is 10.2. The number of nitrogens with two attached hydrogens (primary N) is 1. The number of anilines is 1. The molecule has 2 heterocycles. The number of hydrogen-bond acceptors (Lipinski definition) is 4. The lowest BCUT2D eigenvalue weighted by Gasteiger charge is -2.15. The maximum atomic E-state index is 11.6. The molecule has 2 rings (SSSR count).